The van der Waals surface area contributed by atoms with Crippen LogP contribution in [-0.2, 0) is 24.0 Å². The minimum Gasteiger partial charge on any atom is -0.481 e. The first-order valence-electron chi connectivity index (χ1n) is 9.11. The van der Waals surface area contributed by atoms with E-state index < -0.39 is 60.2 Å². The van der Waals surface area contributed by atoms with Crippen LogP contribution in [0.25, 0.3) is 0 Å². The molecule has 0 spiro atoms. The fourth-order valence-corrected chi connectivity index (χ4v) is 2.43. The summed E-state index contributed by atoms with van der Waals surface area (Å²) >= 11 is 3.89. The van der Waals surface area contributed by atoms with Gasteiger partial charge in [0.15, 0.2) is 0 Å². The van der Waals surface area contributed by atoms with Crippen molar-refractivity contribution in [2.24, 2.45) is 11.7 Å². The number of nitrogens with two attached hydrogens (primary N) is 1. The highest BCUT2D eigenvalue weighted by Crippen LogP contribution is 2.06. The summed E-state index contributed by atoms with van der Waals surface area (Å²) in [6.07, 6.45) is -0.406. The van der Waals surface area contributed by atoms with Crippen molar-refractivity contribution >= 4 is 42.3 Å². The number of carbonyl (C=O) groups excluding carboxylic acids is 3. The molecular formula is C17H30N4O7S. The third kappa shape index (κ3) is 10.7. The van der Waals surface area contributed by atoms with E-state index in [1.165, 1.54) is 6.92 Å². The van der Waals surface area contributed by atoms with Gasteiger partial charge in [-0.25, -0.2) is 4.79 Å². The van der Waals surface area contributed by atoms with Gasteiger partial charge in [0.2, 0.25) is 17.7 Å². The van der Waals surface area contributed by atoms with Gasteiger partial charge in [0.1, 0.15) is 18.1 Å². The molecule has 0 aliphatic rings. The molecule has 0 saturated carbocycles. The zero-order valence-corrected chi connectivity index (χ0v) is 17.6. The molecule has 0 radical (unpaired) electrons. The van der Waals surface area contributed by atoms with Gasteiger partial charge in [-0.05, 0) is 25.7 Å². The minimum absolute atomic E-state index is 0.0182. The normalized spacial score (nSPS) is 15.0. The summed E-state index contributed by atoms with van der Waals surface area (Å²) in [5, 5.41) is 25.1. The Balaban J connectivity index is 5.05. The highest BCUT2D eigenvalue weighted by Gasteiger charge is 2.28. The van der Waals surface area contributed by atoms with E-state index in [0.717, 1.165) is 0 Å². The second-order valence-corrected chi connectivity index (χ2v) is 7.41. The van der Waals surface area contributed by atoms with Crippen molar-refractivity contribution in [1.29, 1.82) is 0 Å². The molecule has 7 N–H and O–H groups in total. The summed E-state index contributed by atoms with van der Waals surface area (Å²) in [4.78, 5) is 58.7. The first kappa shape index (κ1) is 26.7. The monoisotopic (exact) mass is 434 g/mol. The topological polar surface area (TPSA) is 188 Å². The Labute approximate surface area is 174 Å². The van der Waals surface area contributed by atoms with E-state index in [2.05, 4.69) is 28.6 Å². The molecule has 0 aromatic rings. The minimum atomic E-state index is -1.23. The van der Waals surface area contributed by atoms with Crippen molar-refractivity contribution in [2.45, 2.75) is 64.2 Å². The Hall–Kier alpha value is -2.34. The number of nitrogens with one attached hydrogen (secondary N) is 3. The molecule has 4 unspecified atom stereocenters. The Kier molecular flexibility index (Phi) is 11.9. The zero-order valence-electron chi connectivity index (χ0n) is 16.7. The molecule has 0 bridgehead atoms. The third-order valence-corrected chi connectivity index (χ3v) is 4.28. The summed E-state index contributed by atoms with van der Waals surface area (Å²) < 4.78 is 0. The van der Waals surface area contributed by atoms with Crippen LogP contribution in [0.4, 0.5) is 0 Å². The average Bonchev–Trinajstić information content (AvgIpc) is 2.62. The van der Waals surface area contributed by atoms with Crippen LogP contribution >= 0.6 is 12.6 Å². The number of rotatable bonds is 13. The van der Waals surface area contributed by atoms with Gasteiger partial charge in [0.05, 0.1) is 6.04 Å². The van der Waals surface area contributed by atoms with Gasteiger partial charge in [0.25, 0.3) is 0 Å². The molecule has 0 fully saturated rings. The van der Waals surface area contributed by atoms with Crippen LogP contribution in [0, 0.1) is 5.92 Å². The molecule has 0 aromatic heterocycles. The molecule has 0 rings (SSSR count). The van der Waals surface area contributed by atoms with Gasteiger partial charge < -0.3 is 31.9 Å². The van der Waals surface area contributed by atoms with Crippen LogP contribution in [0.5, 0.6) is 0 Å². The summed E-state index contributed by atoms with van der Waals surface area (Å²) in [5.74, 6) is -4.52. The third-order valence-electron chi connectivity index (χ3n) is 3.89. The van der Waals surface area contributed by atoms with E-state index in [1.807, 2.05) is 0 Å². The molecule has 0 aliphatic carbocycles. The number of carbonyl (C=O) groups is 5. The van der Waals surface area contributed by atoms with E-state index in [1.54, 1.807) is 13.8 Å². The van der Waals surface area contributed by atoms with Crippen molar-refractivity contribution in [2.75, 3.05) is 5.75 Å². The summed E-state index contributed by atoms with van der Waals surface area (Å²) in [7, 11) is 0. The summed E-state index contributed by atoms with van der Waals surface area (Å²) in [5.41, 5.74) is 5.54. The molecule has 0 aromatic carbocycles. The quantitative estimate of drug-likeness (QED) is 0.174. The Morgan fingerprint density at radius 3 is 1.90 bits per heavy atom. The van der Waals surface area contributed by atoms with Gasteiger partial charge >= 0.3 is 11.9 Å². The molecular weight excluding hydrogens is 404 g/mol. The SMILES string of the molecule is CC(C)CC(NC(=O)C(C)NC(=O)C(CCC(=O)O)NC(=O)C(N)CS)C(=O)O. The van der Waals surface area contributed by atoms with Crippen LogP contribution < -0.4 is 21.7 Å². The number of amides is 3. The largest absolute Gasteiger partial charge is 0.481 e. The summed E-state index contributed by atoms with van der Waals surface area (Å²) in [6, 6.07) is -4.45. The van der Waals surface area contributed by atoms with E-state index in [4.69, 9.17) is 10.8 Å². The van der Waals surface area contributed by atoms with Crippen molar-refractivity contribution < 1.29 is 34.2 Å². The lowest BCUT2D eigenvalue weighted by Gasteiger charge is -2.23. The first-order valence-corrected chi connectivity index (χ1v) is 9.74. The van der Waals surface area contributed by atoms with E-state index in [-0.39, 0.29) is 24.5 Å². The van der Waals surface area contributed by atoms with E-state index >= 15 is 0 Å². The molecule has 0 heterocycles. The van der Waals surface area contributed by atoms with Crippen LogP contribution in [0.15, 0.2) is 0 Å². The highest BCUT2D eigenvalue weighted by atomic mass is 32.1. The van der Waals surface area contributed by atoms with Gasteiger partial charge in [0, 0.05) is 12.2 Å². The molecule has 0 saturated heterocycles. The fourth-order valence-electron chi connectivity index (χ4n) is 2.27. The van der Waals surface area contributed by atoms with Crippen LogP contribution in [0.3, 0.4) is 0 Å². The molecule has 11 nitrogen and oxygen atoms in total. The van der Waals surface area contributed by atoms with E-state index in [9.17, 15) is 29.1 Å². The van der Waals surface area contributed by atoms with Gasteiger partial charge in [-0.2, -0.15) is 12.6 Å². The van der Waals surface area contributed by atoms with Gasteiger partial charge in [-0.1, -0.05) is 13.8 Å². The fraction of sp³-hybridized carbons (Fsp3) is 0.706. The lowest BCUT2D eigenvalue weighted by molar-refractivity contribution is -0.142. The van der Waals surface area contributed by atoms with Crippen molar-refractivity contribution in [3.8, 4) is 0 Å². The second-order valence-electron chi connectivity index (χ2n) is 7.04. The maximum absolute atomic E-state index is 12.4. The molecule has 166 valence electrons. The number of thiol groups is 1. The molecule has 29 heavy (non-hydrogen) atoms. The standard InChI is InChI=1S/C17H30N4O7S/c1-8(2)6-12(17(27)28)21-14(24)9(3)19-16(26)11(4-5-13(22)23)20-15(25)10(18)7-29/h8-12,29H,4-7,18H2,1-3H3,(H,19,26)(H,20,25)(H,21,24)(H,22,23)(H,27,28). The van der Waals surface area contributed by atoms with E-state index in [0.29, 0.717) is 0 Å². The Morgan fingerprint density at radius 1 is 0.897 bits per heavy atom. The van der Waals surface area contributed by atoms with Crippen LogP contribution in [0.2, 0.25) is 0 Å². The zero-order chi connectivity index (χ0) is 22.7. The number of hydrogen-bond donors (Lipinski definition) is 7. The Bertz CT molecular complexity index is 615. The average molecular weight is 435 g/mol. The predicted molar refractivity (Wildman–Crippen MR) is 107 cm³/mol. The predicted octanol–water partition coefficient (Wildman–Crippen LogP) is -1.29. The summed E-state index contributed by atoms with van der Waals surface area (Å²) in [6.45, 7) is 4.95. The van der Waals surface area contributed by atoms with Gasteiger partial charge in [-0.3, -0.25) is 19.2 Å². The number of hydrogen-bond acceptors (Lipinski definition) is 7. The van der Waals surface area contributed by atoms with Crippen LogP contribution in [-0.4, -0.2) is 69.8 Å². The number of carboxylic acid groups (broad SMARTS) is 2. The molecule has 0 aliphatic heterocycles. The smallest absolute Gasteiger partial charge is 0.326 e. The number of aliphatic carboxylic acids is 2. The maximum atomic E-state index is 12.4. The van der Waals surface area contributed by atoms with Crippen LogP contribution in [0.1, 0.15) is 40.0 Å². The number of carboxylic acids is 2. The molecule has 12 heteroatoms. The first-order chi connectivity index (χ1) is 13.4. The Morgan fingerprint density at radius 2 is 1.45 bits per heavy atom. The lowest BCUT2D eigenvalue weighted by atomic mass is 10.0. The van der Waals surface area contributed by atoms with Crippen molar-refractivity contribution in [3.05, 3.63) is 0 Å². The van der Waals surface area contributed by atoms with Gasteiger partial charge in [-0.15, -0.1) is 0 Å². The van der Waals surface area contributed by atoms with Crippen molar-refractivity contribution in [3.63, 3.8) is 0 Å². The highest BCUT2D eigenvalue weighted by molar-refractivity contribution is 7.80. The van der Waals surface area contributed by atoms with Crippen molar-refractivity contribution in [1.82, 2.24) is 16.0 Å². The lowest BCUT2D eigenvalue weighted by Crippen LogP contribution is -2.56. The maximum Gasteiger partial charge on any atom is 0.326 e. The second kappa shape index (κ2) is 13.0. The molecule has 4 atom stereocenters. The molecule has 3 amide bonds.